The number of nitrogens with zero attached hydrogens (tertiary/aromatic N) is 3. The molecule has 3 rings (SSSR count). The first-order valence-corrected chi connectivity index (χ1v) is 6.87. The number of benzene rings is 1. The van der Waals surface area contributed by atoms with Crippen molar-refractivity contribution in [3.63, 3.8) is 0 Å². The van der Waals surface area contributed by atoms with Crippen LogP contribution in [0.1, 0.15) is 11.5 Å². The van der Waals surface area contributed by atoms with Crippen LogP contribution in [0.25, 0.3) is 11.4 Å². The number of aromatic nitrogens is 3. The van der Waals surface area contributed by atoms with E-state index >= 15 is 0 Å². The van der Waals surface area contributed by atoms with Crippen molar-refractivity contribution >= 4 is 0 Å². The molecule has 11 heteroatoms. The summed E-state index contributed by atoms with van der Waals surface area (Å²) in [7, 11) is 0. The van der Waals surface area contributed by atoms with Crippen LogP contribution in [0.2, 0.25) is 0 Å². The van der Waals surface area contributed by atoms with Crippen LogP contribution in [0.5, 0.6) is 5.75 Å². The van der Waals surface area contributed by atoms with E-state index in [-0.39, 0.29) is 23.5 Å². The van der Waals surface area contributed by atoms with Crippen LogP contribution >= 0.6 is 0 Å². The van der Waals surface area contributed by atoms with E-state index in [9.17, 15) is 26.3 Å². The molecule has 0 bridgehead atoms. The van der Waals surface area contributed by atoms with Crippen molar-refractivity contribution in [2.45, 2.75) is 12.8 Å². The molecule has 0 amide bonds. The summed E-state index contributed by atoms with van der Waals surface area (Å²) in [5.41, 5.74) is -0.0860. The van der Waals surface area contributed by atoms with Gasteiger partial charge in [0.2, 0.25) is 11.8 Å². The van der Waals surface area contributed by atoms with Crippen LogP contribution in [-0.2, 0) is 12.8 Å². The van der Waals surface area contributed by atoms with Gasteiger partial charge in [-0.1, -0.05) is 11.2 Å². The van der Waals surface area contributed by atoms with Crippen molar-refractivity contribution < 1.29 is 35.6 Å². The molecule has 0 aliphatic carbocycles. The lowest BCUT2D eigenvalue weighted by Gasteiger charge is -2.08. The van der Waals surface area contributed by atoms with Crippen LogP contribution in [0.3, 0.4) is 0 Å². The van der Waals surface area contributed by atoms with E-state index in [1.54, 1.807) is 0 Å². The molecule has 0 atom stereocenters. The van der Waals surface area contributed by atoms with Crippen molar-refractivity contribution in [1.82, 2.24) is 15.1 Å². The Hall–Kier alpha value is -3.11. The first kappa shape index (κ1) is 17.7. The summed E-state index contributed by atoms with van der Waals surface area (Å²) in [6.45, 7) is -0.290. The summed E-state index contributed by atoms with van der Waals surface area (Å²) < 4.78 is 86.6. The molecule has 3 aromatic rings. The molecule has 136 valence electrons. The Kier molecular flexibility index (Phi) is 4.53. The molecule has 1 aromatic carbocycles. The highest BCUT2D eigenvalue weighted by atomic mass is 19.4. The molecular weight excluding hydrogens is 368 g/mol. The predicted molar refractivity (Wildman–Crippen MR) is 73.2 cm³/mol. The van der Waals surface area contributed by atoms with E-state index in [1.165, 1.54) is 6.07 Å². The van der Waals surface area contributed by atoms with Gasteiger partial charge in [0, 0.05) is 6.07 Å². The van der Waals surface area contributed by atoms with Crippen LogP contribution in [0.4, 0.5) is 26.3 Å². The van der Waals surface area contributed by atoms with Crippen LogP contribution < -0.4 is 4.74 Å². The SMILES string of the molecule is Fc1cc(F)c(OCc2ccc(-c3noc(C(F)(F)F)n3)c(F)c2)cn1. The molecule has 0 unspecified atom stereocenters. The zero-order chi connectivity index (χ0) is 18.9. The first-order valence-electron chi connectivity index (χ1n) is 6.87. The number of alkyl halides is 3. The molecule has 0 aliphatic rings. The highest BCUT2D eigenvalue weighted by Gasteiger charge is 2.38. The second kappa shape index (κ2) is 6.65. The normalized spacial score (nSPS) is 11.6. The van der Waals surface area contributed by atoms with Gasteiger partial charge in [-0.3, -0.25) is 0 Å². The van der Waals surface area contributed by atoms with Gasteiger partial charge in [0.15, 0.2) is 11.6 Å². The average Bonchev–Trinajstić information content (AvgIpc) is 3.04. The summed E-state index contributed by atoms with van der Waals surface area (Å²) in [4.78, 5) is 6.31. The van der Waals surface area contributed by atoms with Gasteiger partial charge >= 0.3 is 12.1 Å². The van der Waals surface area contributed by atoms with E-state index in [2.05, 4.69) is 19.6 Å². The van der Waals surface area contributed by atoms with Crippen molar-refractivity contribution in [2.75, 3.05) is 0 Å². The maximum absolute atomic E-state index is 14.1. The van der Waals surface area contributed by atoms with Gasteiger partial charge in [0.25, 0.3) is 0 Å². The molecule has 26 heavy (non-hydrogen) atoms. The Balaban J connectivity index is 1.76. The Bertz CT molecular complexity index is 941. The lowest BCUT2D eigenvalue weighted by molar-refractivity contribution is -0.159. The number of rotatable bonds is 4. The Morgan fingerprint density at radius 3 is 2.42 bits per heavy atom. The zero-order valence-electron chi connectivity index (χ0n) is 12.5. The molecule has 0 N–H and O–H groups in total. The number of ether oxygens (including phenoxy) is 1. The topological polar surface area (TPSA) is 61.0 Å². The first-order chi connectivity index (χ1) is 12.2. The maximum atomic E-state index is 14.1. The lowest BCUT2D eigenvalue weighted by atomic mass is 10.1. The average molecular weight is 375 g/mol. The van der Waals surface area contributed by atoms with Crippen LogP contribution in [-0.4, -0.2) is 15.1 Å². The minimum atomic E-state index is -4.84. The molecule has 0 saturated heterocycles. The van der Waals surface area contributed by atoms with Gasteiger partial charge in [-0.15, -0.1) is 0 Å². The van der Waals surface area contributed by atoms with Crippen LogP contribution in [0, 0.1) is 17.6 Å². The highest BCUT2D eigenvalue weighted by Crippen LogP contribution is 2.30. The Morgan fingerprint density at radius 2 is 1.81 bits per heavy atom. The third-order valence-corrected chi connectivity index (χ3v) is 3.12. The number of hydrogen-bond donors (Lipinski definition) is 0. The molecule has 0 saturated carbocycles. The minimum Gasteiger partial charge on any atom is -0.484 e. The summed E-state index contributed by atoms with van der Waals surface area (Å²) in [6.07, 6.45) is -4.02. The molecule has 0 spiro atoms. The smallest absolute Gasteiger partial charge is 0.471 e. The molecule has 0 radical (unpaired) electrons. The summed E-state index contributed by atoms with van der Waals surface area (Å²) in [5.74, 6) is -5.46. The number of halogens is 6. The molecular formula is C15H7F6N3O2. The fourth-order valence-electron chi connectivity index (χ4n) is 1.94. The number of pyridine rings is 1. The van der Waals surface area contributed by atoms with Crippen molar-refractivity contribution in [3.05, 3.63) is 59.5 Å². The summed E-state index contributed by atoms with van der Waals surface area (Å²) in [6, 6.07) is 3.91. The molecule has 0 aliphatic heterocycles. The van der Waals surface area contributed by atoms with Crippen molar-refractivity contribution in [1.29, 1.82) is 0 Å². The Labute approximate surface area is 141 Å². The summed E-state index contributed by atoms with van der Waals surface area (Å²) >= 11 is 0. The van der Waals surface area contributed by atoms with Gasteiger partial charge in [0.1, 0.15) is 12.4 Å². The maximum Gasteiger partial charge on any atom is 0.471 e. The van der Waals surface area contributed by atoms with E-state index in [1.807, 2.05) is 0 Å². The molecule has 2 heterocycles. The minimum absolute atomic E-state index is 0.231. The van der Waals surface area contributed by atoms with Crippen molar-refractivity contribution in [3.8, 4) is 17.1 Å². The Morgan fingerprint density at radius 1 is 1.04 bits per heavy atom. The van der Waals surface area contributed by atoms with Gasteiger partial charge in [-0.05, 0) is 17.7 Å². The third kappa shape index (κ3) is 3.76. The predicted octanol–water partition coefficient (Wildman–Crippen LogP) is 4.15. The quantitative estimate of drug-likeness (QED) is 0.507. The lowest BCUT2D eigenvalue weighted by Crippen LogP contribution is -2.05. The van der Waals surface area contributed by atoms with E-state index in [4.69, 9.17) is 4.74 Å². The standard InChI is InChI=1S/C15H7F6N3O2/c16-9-3-7(6-25-11-5-22-12(18)4-10(11)17)1-2-8(9)13-23-14(26-24-13)15(19,20)21/h1-5H,6H2. The third-order valence-electron chi connectivity index (χ3n) is 3.12. The van der Waals surface area contributed by atoms with E-state index in [0.29, 0.717) is 6.07 Å². The van der Waals surface area contributed by atoms with E-state index < -0.39 is 35.5 Å². The number of hydrogen-bond acceptors (Lipinski definition) is 5. The van der Waals surface area contributed by atoms with Gasteiger partial charge in [-0.2, -0.15) is 22.5 Å². The van der Waals surface area contributed by atoms with Crippen LogP contribution in [0.15, 0.2) is 35.0 Å². The second-order valence-corrected chi connectivity index (χ2v) is 4.96. The fourth-order valence-corrected chi connectivity index (χ4v) is 1.94. The van der Waals surface area contributed by atoms with Crippen molar-refractivity contribution in [2.24, 2.45) is 0 Å². The monoisotopic (exact) mass is 375 g/mol. The second-order valence-electron chi connectivity index (χ2n) is 4.96. The largest absolute Gasteiger partial charge is 0.484 e. The zero-order valence-corrected chi connectivity index (χ0v) is 12.5. The van der Waals surface area contributed by atoms with Gasteiger partial charge in [-0.25, -0.2) is 13.8 Å². The van der Waals surface area contributed by atoms with Gasteiger partial charge < -0.3 is 9.26 Å². The highest BCUT2D eigenvalue weighted by molar-refractivity contribution is 5.55. The molecule has 0 fully saturated rings. The fraction of sp³-hybridized carbons (Fsp3) is 0.133. The van der Waals surface area contributed by atoms with E-state index in [0.717, 1.165) is 18.3 Å². The molecule has 2 aromatic heterocycles. The summed E-state index contributed by atoms with van der Waals surface area (Å²) in [5, 5.41) is 3.09. The molecule has 5 nitrogen and oxygen atoms in total. The van der Waals surface area contributed by atoms with Gasteiger partial charge in [0.05, 0.1) is 11.8 Å².